The first kappa shape index (κ1) is 13.2. The van der Waals surface area contributed by atoms with Crippen molar-refractivity contribution in [1.29, 1.82) is 0 Å². The van der Waals surface area contributed by atoms with Crippen LogP contribution in [0.4, 0.5) is 0 Å². The molecule has 0 heterocycles. The summed E-state index contributed by atoms with van der Waals surface area (Å²) in [6.07, 6.45) is 10.1. The molecule has 0 bridgehead atoms. The van der Waals surface area contributed by atoms with Gasteiger partial charge in [0.25, 0.3) is 0 Å². The highest BCUT2D eigenvalue weighted by Crippen LogP contribution is 2.36. The van der Waals surface area contributed by atoms with Gasteiger partial charge in [-0.2, -0.15) is 0 Å². The van der Waals surface area contributed by atoms with Gasteiger partial charge in [0.2, 0.25) is 0 Å². The third-order valence-electron chi connectivity index (χ3n) is 5.01. The van der Waals surface area contributed by atoms with Crippen molar-refractivity contribution in [3.05, 3.63) is 29.3 Å². The fourth-order valence-electron chi connectivity index (χ4n) is 3.94. The van der Waals surface area contributed by atoms with Crippen LogP contribution in [-0.2, 0) is 0 Å². The lowest BCUT2D eigenvalue weighted by molar-refractivity contribution is 0.425. The molecule has 0 saturated heterocycles. The van der Waals surface area contributed by atoms with Crippen LogP contribution in [0.3, 0.4) is 0 Å². The lowest BCUT2D eigenvalue weighted by Crippen LogP contribution is -2.34. The van der Waals surface area contributed by atoms with Crippen LogP contribution in [0.25, 0.3) is 0 Å². The van der Waals surface area contributed by atoms with Crippen LogP contribution in [-0.4, -0.2) is 17.2 Å². The minimum Gasteiger partial charge on any atom is -0.423 e. The van der Waals surface area contributed by atoms with Gasteiger partial charge in [-0.3, -0.25) is 0 Å². The minimum atomic E-state index is -1.32. The maximum atomic E-state index is 9.69. The zero-order valence-electron chi connectivity index (χ0n) is 11.5. The van der Waals surface area contributed by atoms with E-state index in [0.717, 1.165) is 5.46 Å². The molecule has 2 fully saturated rings. The quantitative estimate of drug-likeness (QED) is 0.818. The van der Waals surface area contributed by atoms with Gasteiger partial charge in [-0.1, -0.05) is 43.9 Å². The standard InChI is InChI=1S/C16H23BO2/c18-17(19)16-11-14(12-5-1-2-6-12)9-10-15(16)13-7-3-4-8-13/h9-13,18-19H,1-8H2. The van der Waals surface area contributed by atoms with Gasteiger partial charge in [-0.05, 0) is 54.1 Å². The van der Waals surface area contributed by atoms with Gasteiger partial charge >= 0.3 is 7.12 Å². The second-order valence-corrected chi connectivity index (χ2v) is 6.22. The molecule has 2 saturated carbocycles. The van der Waals surface area contributed by atoms with E-state index in [-0.39, 0.29) is 0 Å². The minimum absolute atomic E-state index is 0.537. The monoisotopic (exact) mass is 258 g/mol. The zero-order valence-corrected chi connectivity index (χ0v) is 11.5. The van der Waals surface area contributed by atoms with Gasteiger partial charge < -0.3 is 10.0 Å². The van der Waals surface area contributed by atoms with E-state index in [2.05, 4.69) is 18.2 Å². The molecular formula is C16H23BO2. The Balaban J connectivity index is 1.91. The summed E-state index contributed by atoms with van der Waals surface area (Å²) in [5.74, 6) is 1.17. The molecule has 3 rings (SSSR count). The van der Waals surface area contributed by atoms with E-state index in [1.54, 1.807) is 0 Å². The van der Waals surface area contributed by atoms with Crippen LogP contribution in [0.2, 0.25) is 0 Å². The lowest BCUT2D eigenvalue weighted by atomic mass is 9.72. The molecule has 0 aliphatic heterocycles. The molecule has 0 amide bonds. The van der Waals surface area contributed by atoms with Crippen molar-refractivity contribution >= 4 is 12.6 Å². The van der Waals surface area contributed by atoms with Crippen LogP contribution >= 0.6 is 0 Å². The first-order valence-corrected chi connectivity index (χ1v) is 7.75. The van der Waals surface area contributed by atoms with Crippen LogP contribution < -0.4 is 5.46 Å². The molecule has 102 valence electrons. The van der Waals surface area contributed by atoms with Crippen molar-refractivity contribution in [2.75, 3.05) is 0 Å². The van der Waals surface area contributed by atoms with Gasteiger partial charge in [-0.15, -0.1) is 0 Å². The molecule has 2 N–H and O–H groups in total. The largest absolute Gasteiger partial charge is 0.488 e. The van der Waals surface area contributed by atoms with Gasteiger partial charge in [0.15, 0.2) is 0 Å². The molecule has 0 spiro atoms. The van der Waals surface area contributed by atoms with Crippen molar-refractivity contribution in [3.63, 3.8) is 0 Å². The van der Waals surface area contributed by atoms with Crippen molar-refractivity contribution in [2.45, 2.75) is 63.2 Å². The molecule has 0 atom stereocenters. The first-order chi connectivity index (χ1) is 9.25. The SMILES string of the molecule is OB(O)c1cc(C2CCCC2)ccc1C1CCCC1. The first-order valence-electron chi connectivity index (χ1n) is 7.75. The molecule has 2 aliphatic carbocycles. The van der Waals surface area contributed by atoms with Gasteiger partial charge in [0, 0.05) is 0 Å². The van der Waals surface area contributed by atoms with E-state index in [1.807, 2.05) is 0 Å². The molecule has 0 aromatic heterocycles. The summed E-state index contributed by atoms with van der Waals surface area (Å²) in [4.78, 5) is 0. The van der Waals surface area contributed by atoms with Crippen LogP contribution in [0, 0.1) is 0 Å². The molecular weight excluding hydrogens is 235 g/mol. The maximum Gasteiger partial charge on any atom is 0.488 e. The number of hydrogen-bond acceptors (Lipinski definition) is 2. The molecule has 3 heteroatoms. The molecule has 0 unspecified atom stereocenters. The summed E-state index contributed by atoms with van der Waals surface area (Å²) < 4.78 is 0. The predicted molar refractivity (Wildman–Crippen MR) is 78.7 cm³/mol. The number of benzene rings is 1. The summed E-state index contributed by atoms with van der Waals surface area (Å²) in [5.41, 5.74) is 3.24. The number of hydrogen-bond donors (Lipinski definition) is 2. The summed E-state index contributed by atoms with van der Waals surface area (Å²) in [6, 6.07) is 6.46. The van der Waals surface area contributed by atoms with Crippen molar-refractivity contribution < 1.29 is 10.0 Å². The Morgan fingerprint density at radius 3 is 2.00 bits per heavy atom. The molecule has 19 heavy (non-hydrogen) atoms. The Bertz CT molecular complexity index is 432. The average molecular weight is 258 g/mol. The zero-order chi connectivity index (χ0) is 13.2. The summed E-state index contributed by atoms with van der Waals surface area (Å²) >= 11 is 0. The Labute approximate surface area is 116 Å². The van der Waals surface area contributed by atoms with Crippen LogP contribution in [0.15, 0.2) is 18.2 Å². The maximum absolute atomic E-state index is 9.69. The predicted octanol–water partition coefficient (Wildman–Crippen LogP) is 2.68. The van der Waals surface area contributed by atoms with E-state index in [9.17, 15) is 10.0 Å². The van der Waals surface area contributed by atoms with Gasteiger partial charge in [0.1, 0.15) is 0 Å². The summed E-state index contributed by atoms with van der Waals surface area (Å²) in [7, 11) is -1.32. The summed E-state index contributed by atoms with van der Waals surface area (Å²) in [5, 5.41) is 19.4. The smallest absolute Gasteiger partial charge is 0.423 e. The lowest BCUT2D eigenvalue weighted by Gasteiger charge is -2.18. The van der Waals surface area contributed by atoms with E-state index in [1.165, 1.54) is 62.5 Å². The van der Waals surface area contributed by atoms with Gasteiger partial charge in [0.05, 0.1) is 0 Å². The highest BCUT2D eigenvalue weighted by atomic mass is 16.4. The highest BCUT2D eigenvalue weighted by Gasteiger charge is 2.26. The number of rotatable bonds is 3. The molecule has 1 aromatic rings. The molecule has 1 aromatic carbocycles. The van der Waals surface area contributed by atoms with E-state index < -0.39 is 7.12 Å². The third-order valence-corrected chi connectivity index (χ3v) is 5.01. The van der Waals surface area contributed by atoms with Crippen molar-refractivity contribution in [1.82, 2.24) is 0 Å². The molecule has 0 radical (unpaired) electrons. The average Bonchev–Trinajstić information content (AvgIpc) is 3.11. The Hall–Kier alpha value is -0.795. The van der Waals surface area contributed by atoms with Crippen LogP contribution in [0.1, 0.15) is 74.3 Å². The van der Waals surface area contributed by atoms with Crippen molar-refractivity contribution in [3.8, 4) is 0 Å². The van der Waals surface area contributed by atoms with E-state index >= 15 is 0 Å². The third kappa shape index (κ3) is 2.73. The molecule has 2 aliphatic rings. The highest BCUT2D eigenvalue weighted by molar-refractivity contribution is 6.59. The Morgan fingerprint density at radius 2 is 1.42 bits per heavy atom. The van der Waals surface area contributed by atoms with Crippen molar-refractivity contribution in [2.24, 2.45) is 0 Å². The second-order valence-electron chi connectivity index (χ2n) is 6.22. The Kier molecular flexibility index (Phi) is 3.95. The normalized spacial score (nSPS) is 21.2. The van der Waals surface area contributed by atoms with E-state index in [0.29, 0.717) is 11.8 Å². The molecule has 2 nitrogen and oxygen atoms in total. The van der Waals surface area contributed by atoms with Crippen LogP contribution in [0.5, 0.6) is 0 Å². The fraction of sp³-hybridized carbons (Fsp3) is 0.625. The summed E-state index contributed by atoms with van der Waals surface area (Å²) in [6.45, 7) is 0. The Morgan fingerprint density at radius 1 is 0.842 bits per heavy atom. The topological polar surface area (TPSA) is 40.5 Å². The second kappa shape index (κ2) is 5.68. The van der Waals surface area contributed by atoms with E-state index in [4.69, 9.17) is 0 Å². The fourth-order valence-corrected chi connectivity index (χ4v) is 3.94. The van der Waals surface area contributed by atoms with Gasteiger partial charge in [-0.25, -0.2) is 0 Å².